The van der Waals surface area contributed by atoms with Gasteiger partial charge in [0, 0.05) is 32.0 Å². The predicted molar refractivity (Wildman–Crippen MR) is 85.4 cm³/mol. The quantitative estimate of drug-likeness (QED) is 0.816. The van der Waals surface area contributed by atoms with Crippen LogP contribution in [0.5, 0.6) is 0 Å². The van der Waals surface area contributed by atoms with Crippen molar-refractivity contribution in [1.82, 2.24) is 9.97 Å². The number of anilines is 1. The lowest BCUT2D eigenvalue weighted by molar-refractivity contribution is 0.177. The van der Waals surface area contributed by atoms with Crippen molar-refractivity contribution in [3.63, 3.8) is 0 Å². The zero-order valence-electron chi connectivity index (χ0n) is 13.3. The second-order valence-corrected chi connectivity index (χ2v) is 5.16. The molecule has 2 rings (SSSR count). The van der Waals surface area contributed by atoms with Gasteiger partial charge in [0.05, 0.1) is 0 Å². The lowest BCUT2D eigenvalue weighted by Gasteiger charge is -2.23. The van der Waals surface area contributed by atoms with Crippen LogP contribution in [0.1, 0.15) is 29.6 Å². The van der Waals surface area contributed by atoms with Gasteiger partial charge in [-0.25, -0.2) is 9.97 Å². The summed E-state index contributed by atoms with van der Waals surface area (Å²) in [6, 6.07) is 10.5. The monoisotopic (exact) mass is 285 g/mol. The van der Waals surface area contributed by atoms with Crippen molar-refractivity contribution >= 4 is 5.82 Å². The molecule has 0 saturated carbocycles. The Bertz CT molecular complexity index is 598. The smallest absolute Gasteiger partial charge is 0.156 e. The third-order valence-corrected chi connectivity index (χ3v) is 3.49. The van der Waals surface area contributed by atoms with E-state index in [0.29, 0.717) is 6.61 Å². The topological polar surface area (TPSA) is 38.2 Å². The molecule has 0 aliphatic carbocycles. The van der Waals surface area contributed by atoms with E-state index in [1.54, 1.807) is 7.11 Å². The van der Waals surface area contributed by atoms with Gasteiger partial charge in [0.25, 0.3) is 0 Å². The second-order valence-electron chi connectivity index (χ2n) is 5.16. The Labute approximate surface area is 126 Å². The van der Waals surface area contributed by atoms with Gasteiger partial charge in [0.15, 0.2) is 5.82 Å². The van der Waals surface area contributed by atoms with E-state index in [2.05, 4.69) is 53.0 Å². The van der Waals surface area contributed by atoms with E-state index in [0.717, 1.165) is 30.4 Å². The van der Waals surface area contributed by atoms with E-state index in [1.807, 2.05) is 13.0 Å². The summed E-state index contributed by atoms with van der Waals surface area (Å²) in [5, 5.41) is 0. The molecule has 0 fully saturated rings. The number of aryl methyl sites for hydroxylation is 2. The Morgan fingerprint density at radius 2 is 1.90 bits per heavy atom. The maximum Gasteiger partial charge on any atom is 0.156 e. The fraction of sp³-hybridized carbons (Fsp3) is 0.412. The van der Waals surface area contributed by atoms with Crippen LogP contribution in [0.15, 0.2) is 30.3 Å². The molecular formula is C17H23N3O. The first-order valence-electron chi connectivity index (χ1n) is 7.27. The molecular weight excluding hydrogens is 262 g/mol. The minimum absolute atomic E-state index is 0.441. The van der Waals surface area contributed by atoms with E-state index in [9.17, 15) is 0 Å². The number of hydrogen-bond acceptors (Lipinski definition) is 4. The molecule has 112 valence electrons. The van der Waals surface area contributed by atoms with Gasteiger partial charge in [-0.1, -0.05) is 24.3 Å². The fourth-order valence-corrected chi connectivity index (χ4v) is 2.32. The van der Waals surface area contributed by atoms with E-state index < -0.39 is 0 Å². The maximum absolute atomic E-state index is 5.15. The first-order valence-corrected chi connectivity index (χ1v) is 7.27. The molecule has 0 spiro atoms. The van der Waals surface area contributed by atoms with Gasteiger partial charge in [0.1, 0.15) is 12.4 Å². The molecule has 0 atom stereocenters. The molecule has 2 aromatic rings. The van der Waals surface area contributed by atoms with Crippen LogP contribution in [-0.4, -0.2) is 23.6 Å². The summed E-state index contributed by atoms with van der Waals surface area (Å²) >= 11 is 0. The van der Waals surface area contributed by atoms with E-state index >= 15 is 0 Å². The standard InChI is InChI=1S/C17H23N3O/c1-5-20(11-15-9-7-6-8-13(15)2)17-10-14(3)18-16(19-17)12-21-4/h6-10H,5,11-12H2,1-4H3. The van der Waals surface area contributed by atoms with Gasteiger partial charge in [-0.2, -0.15) is 0 Å². The first kappa shape index (κ1) is 15.4. The summed E-state index contributed by atoms with van der Waals surface area (Å²) < 4.78 is 5.15. The largest absolute Gasteiger partial charge is 0.377 e. The molecule has 1 aromatic heterocycles. The number of methoxy groups -OCH3 is 1. The molecule has 0 amide bonds. The van der Waals surface area contributed by atoms with E-state index in [1.165, 1.54) is 11.1 Å². The lowest BCUT2D eigenvalue weighted by atomic mass is 10.1. The van der Waals surface area contributed by atoms with Crippen LogP contribution in [0.4, 0.5) is 5.82 Å². The van der Waals surface area contributed by atoms with Crippen LogP contribution < -0.4 is 4.90 Å². The molecule has 4 heteroatoms. The van der Waals surface area contributed by atoms with Gasteiger partial charge in [0.2, 0.25) is 0 Å². The number of hydrogen-bond donors (Lipinski definition) is 0. The summed E-state index contributed by atoms with van der Waals surface area (Å²) in [7, 11) is 1.66. The average molecular weight is 285 g/mol. The highest BCUT2D eigenvalue weighted by Gasteiger charge is 2.11. The molecule has 0 aliphatic heterocycles. The summed E-state index contributed by atoms with van der Waals surface area (Å²) in [6.45, 7) is 8.47. The fourth-order valence-electron chi connectivity index (χ4n) is 2.32. The zero-order valence-corrected chi connectivity index (χ0v) is 13.3. The van der Waals surface area contributed by atoms with Gasteiger partial charge in [-0.05, 0) is 31.9 Å². The van der Waals surface area contributed by atoms with Crippen LogP contribution in [0.3, 0.4) is 0 Å². The van der Waals surface area contributed by atoms with Crippen LogP contribution in [0, 0.1) is 13.8 Å². The van der Waals surface area contributed by atoms with Crippen LogP contribution in [0.25, 0.3) is 0 Å². The Hall–Kier alpha value is -1.94. The molecule has 1 aromatic carbocycles. The Morgan fingerprint density at radius 1 is 1.14 bits per heavy atom. The summed E-state index contributed by atoms with van der Waals surface area (Å²) in [5.74, 6) is 1.69. The minimum Gasteiger partial charge on any atom is -0.377 e. The molecule has 0 aliphatic rings. The highest BCUT2D eigenvalue weighted by Crippen LogP contribution is 2.18. The van der Waals surface area contributed by atoms with Crippen LogP contribution >= 0.6 is 0 Å². The van der Waals surface area contributed by atoms with Gasteiger partial charge in [-0.3, -0.25) is 0 Å². The van der Waals surface area contributed by atoms with Gasteiger partial charge < -0.3 is 9.64 Å². The van der Waals surface area contributed by atoms with Crippen molar-refractivity contribution in [3.05, 3.63) is 53.0 Å². The van der Waals surface area contributed by atoms with E-state index in [4.69, 9.17) is 4.74 Å². The SMILES string of the molecule is CCN(Cc1ccccc1C)c1cc(C)nc(COC)n1. The number of ether oxygens (including phenoxy) is 1. The third-order valence-electron chi connectivity index (χ3n) is 3.49. The number of rotatable bonds is 6. The third kappa shape index (κ3) is 4.02. The van der Waals surface area contributed by atoms with Crippen molar-refractivity contribution in [2.45, 2.75) is 33.9 Å². The molecule has 0 saturated heterocycles. The highest BCUT2D eigenvalue weighted by molar-refractivity contribution is 5.41. The summed E-state index contributed by atoms with van der Waals surface area (Å²) in [5.41, 5.74) is 3.60. The van der Waals surface area contributed by atoms with Crippen molar-refractivity contribution in [2.24, 2.45) is 0 Å². The molecule has 0 bridgehead atoms. The van der Waals surface area contributed by atoms with Crippen molar-refractivity contribution in [2.75, 3.05) is 18.6 Å². The van der Waals surface area contributed by atoms with Gasteiger partial charge in [-0.15, -0.1) is 0 Å². The van der Waals surface area contributed by atoms with Gasteiger partial charge >= 0.3 is 0 Å². The number of benzene rings is 1. The normalized spacial score (nSPS) is 10.7. The van der Waals surface area contributed by atoms with Crippen molar-refractivity contribution in [3.8, 4) is 0 Å². The highest BCUT2D eigenvalue weighted by atomic mass is 16.5. The molecule has 4 nitrogen and oxygen atoms in total. The van der Waals surface area contributed by atoms with E-state index in [-0.39, 0.29) is 0 Å². The Balaban J connectivity index is 2.27. The minimum atomic E-state index is 0.441. The summed E-state index contributed by atoms with van der Waals surface area (Å²) in [6.07, 6.45) is 0. The zero-order chi connectivity index (χ0) is 15.2. The molecule has 0 radical (unpaired) electrons. The molecule has 0 N–H and O–H groups in total. The lowest BCUT2D eigenvalue weighted by Crippen LogP contribution is -2.24. The molecule has 21 heavy (non-hydrogen) atoms. The summed E-state index contributed by atoms with van der Waals surface area (Å²) in [4.78, 5) is 11.3. The second kappa shape index (κ2) is 7.18. The van der Waals surface area contributed by atoms with Crippen molar-refractivity contribution in [1.29, 1.82) is 0 Å². The maximum atomic E-state index is 5.15. The molecule has 1 heterocycles. The number of nitrogens with zero attached hydrogens (tertiary/aromatic N) is 3. The average Bonchev–Trinajstić information content (AvgIpc) is 2.46. The Kier molecular flexibility index (Phi) is 5.28. The molecule has 0 unspecified atom stereocenters. The Morgan fingerprint density at radius 3 is 2.57 bits per heavy atom. The predicted octanol–water partition coefficient (Wildman–Crippen LogP) is 3.27. The van der Waals surface area contributed by atoms with Crippen LogP contribution in [0.2, 0.25) is 0 Å². The number of aromatic nitrogens is 2. The first-order chi connectivity index (χ1) is 10.1. The van der Waals surface area contributed by atoms with Crippen molar-refractivity contribution < 1.29 is 4.74 Å². The van der Waals surface area contributed by atoms with Crippen LogP contribution in [-0.2, 0) is 17.9 Å².